The first kappa shape index (κ1) is 11.0. The monoisotopic (exact) mass is 184 g/mol. The molecule has 0 spiro atoms. The minimum atomic E-state index is 0.247. The van der Waals surface area contributed by atoms with Gasteiger partial charge in [0.05, 0.1) is 0 Å². The first-order valence-corrected chi connectivity index (χ1v) is 5.74. The Morgan fingerprint density at radius 1 is 1.38 bits per heavy atom. The fourth-order valence-electron chi connectivity index (χ4n) is 1.83. The van der Waals surface area contributed by atoms with Crippen LogP contribution in [0, 0.1) is 0 Å². The first-order chi connectivity index (χ1) is 6.26. The lowest BCUT2D eigenvalue weighted by molar-refractivity contribution is 0.288. The molecule has 3 N–H and O–H groups in total. The third kappa shape index (κ3) is 3.28. The van der Waals surface area contributed by atoms with E-state index in [1.54, 1.807) is 0 Å². The van der Waals surface area contributed by atoms with Crippen LogP contribution in [0.3, 0.4) is 0 Å². The molecule has 0 heterocycles. The first-order valence-electron chi connectivity index (χ1n) is 5.74. The lowest BCUT2D eigenvalue weighted by Crippen LogP contribution is -2.51. The molecular formula is C11H24N2. The summed E-state index contributed by atoms with van der Waals surface area (Å²) in [5.74, 6) is 0. The van der Waals surface area contributed by atoms with Crippen molar-refractivity contribution in [3.63, 3.8) is 0 Å². The average Bonchev–Trinajstić information content (AvgIpc) is 2.96. The Balaban J connectivity index is 2.38. The molecule has 0 aliphatic heterocycles. The normalized spacial score (nSPS) is 21.5. The Labute approximate surface area is 82.3 Å². The van der Waals surface area contributed by atoms with Gasteiger partial charge >= 0.3 is 0 Å². The summed E-state index contributed by atoms with van der Waals surface area (Å²) in [6.45, 7) is 5.28. The van der Waals surface area contributed by atoms with Gasteiger partial charge in [-0.25, -0.2) is 0 Å². The number of nitrogens with two attached hydrogens (primary N) is 1. The van der Waals surface area contributed by atoms with Crippen molar-refractivity contribution in [2.45, 2.75) is 64.0 Å². The van der Waals surface area contributed by atoms with Gasteiger partial charge < -0.3 is 11.1 Å². The lowest BCUT2D eigenvalue weighted by Gasteiger charge is -2.33. The Hall–Kier alpha value is -0.0800. The molecule has 1 saturated carbocycles. The molecule has 0 aromatic rings. The summed E-state index contributed by atoms with van der Waals surface area (Å²) in [6.07, 6.45) is 7.69. The topological polar surface area (TPSA) is 38.0 Å². The zero-order valence-electron chi connectivity index (χ0n) is 9.10. The highest BCUT2D eigenvalue weighted by Crippen LogP contribution is 2.26. The molecule has 0 radical (unpaired) electrons. The van der Waals surface area contributed by atoms with Gasteiger partial charge in [0.1, 0.15) is 0 Å². The van der Waals surface area contributed by atoms with Crippen LogP contribution in [0.15, 0.2) is 0 Å². The van der Waals surface area contributed by atoms with E-state index in [4.69, 9.17) is 5.73 Å². The quantitative estimate of drug-likeness (QED) is 0.635. The van der Waals surface area contributed by atoms with Crippen molar-refractivity contribution >= 4 is 0 Å². The zero-order valence-corrected chi connectivity index (χ0v) is 9.10. The highest BCUT2D eigenvalue weighted by molar-refractivity contribution is 4.95. The second kappa shape index (κ2) is 4.97. The fraction of sp³-hybridized carbons (Fsp3) is 1.00. The molecule has 0 saturated heterocycles. The molecule has 1 rings (SSSR count). The zero-order chi connectivity index (χ0) is 9.73. The summed E-state index contributed by atoms with van der Waals surface area (Å²) in [5.41, 5.74) is 6.12. The third-order valence-corrected chi connectivity index (χ3v) is 3.16. The van der Waals surface area contributed by atoms with Gasteiger partial charge in [-0.2, -0.15) is 0 Å². The Kier molecular flexibility index (Phi) is 4.20. The summed E-state index contributed by atoms with van der Waals surface area (Å²) in [4.78, 5) is 0. The summed E-state index contributed by atoms with van der Waals surface area (Å²) < 4.78 is 0. The van der Waals surface area contributed by atoms with Gasteiger partial charge in [-0.3, -0.25) is 0 Å². The standard InChI is InChI=1S/C11H24N2/c1-3-5-8-11(4-2,9-12)13-10-6-7-10/h10,13H,3-9,12H2,1-2H3. The number of unbranched alkanes of at least 4 members (excludes halogenated alkanes) is 1. The smallest absolute Gasteiger partial charge is 0.0303 e. The Bertz CT molecular complexity index is 137. The van der Waals surface area contributed by atoms with Crippen molar-refractivity contribution in [1.29, 1.82) is 0 Å². The van der Waals surface area contributed by atoms with Crippen LogP contribution < -0.4 is 11.1 Å². The van der Waals surface area contributed by atoms with Gasteiger partial charge in [0.2, 0.25) is 0 Å². The number of rotatable bonds is 7. The average molecular weight is 184 g/mol. The highest BCUT2D eigenvalue weighted by atomic mass is 15.1. The van der Waals surface area contributed by atoms with Crippen molar-refractivity contribution in [1.82, 2.24) is 5.32 Å². The predicted octanol–water partition coefficient (Wildman–Crippen LogP) is 2.04. The minimum Gasteiger partial charge on any atom is -0.329 e. The summed E-state index contributed by atoms with van der Waals surface area (Å²) in [7, 11) is 0. The second-order valence-electron chi connectivity index (χ2n) is 4.36. The molecule has 0 aromatic carbocycles. The van der Waals surface area contributed by atoms with Crippen molar-refractivity contribution in [2.24, 2.45) is 5.73 Å². The van der Waals surface area contributed by atoms with Crippen molar-refractivity contribution in [2.75, 3.05) is 6.54 Å². The van der Waals surface area contributed by atoms with Gasteiger partial charge in [-0.05, 0) is 25.7 Å². The Morgan fingerprint density at radius 2 is 2.08 bits per heavy atom. The molecule has 0 amide bonds. The SMILES string of the molecule is CCCCC(CC)(CN)NC1CC1. The van der Waals surface area contributed by atoms with Crippen LogP contribution in [0.4, 0.5) is 0 Å². The van der Waals surface area contributed by atoms with E-state index in [9.17, 15) is 0 Å². The lowest BCUT2D eigenvalue weighted by atomic mass is 9.89. The van der Waals surface area contributed by atoms with Crippen LogP contribution in [-0.2, 0) is 0 Å². The second-order valence-corrected chi connectivity index (χ2v) is 4.36. The van der Waals surface area contributed by atoms with Gasteiger partial charge in [-0.1, -0.05) is 26.7 Å². The van der Waals surface area contributed by atoms with E-state index in [1.165, 1.54) is 38.5 Å². The molecule has 1 aliphatic rings. The Morgan fingerprint density at radius 3 is 2.46 bits per heavy atom. The van der Waals surface area contributed by atoms with E-state index in [1.807, 2.05) is 0 Å². The van der Waals surface area contributed by atoms with E-state index in [2.05, 4.69) is 19.2 Å². The van der Waals surface area contributed by atoms with E-state index in [-0.39, 0.29) is 5.54 Å². The maximum Gasteiger partial charge on any atom is 0.0303 e. The molecular weight excluding hydrogens is 160 g/mol. The van der Waals surface area contributed by atoms with Crippen LogP contribution in [0.25, 0.3) is 0 Å². The van der Waals surface area contributed by atoms with Crippen LogP contribution in [-0.4, -0.2) is 18.1 Å². The van der Waals surface area contributed by atoms with Gasteiger partial charge in [0.15, 0.2) is 0 Å². The molecule has 2 heteroatoms. The van der Waals surface area contributed by atoms with Gasteiger partial charge in [-0.15, -0.1) is 0 Å². The number of nitrogens with one attached hydrogen (secondary N) is 1. The molecule has 1 fully saturated rings. The third-order valence-electron chi connectivity index (χ3n) is 3.16. The summed E-state index contributed by atoms with van der Waals surface area (Å²) in [5, 5.41) is 3.71. The van der Waals surface area contributed by atoms with Gasteiger partial charge in [0, 0.05) is 18.1 Å². The molecule has 13 heavy (non-hydrogen) atoms. The maximum absolute atomic E-state index is 5.87. The molecule has 0 aromatic heterocycles. The van der Waals surface area contributed by atoms with Crippen molar-refractivity contribution in [3.8, 4) is 0 Å². The molecule has 2 nitrogen and oxygen atoms in total. The van der Waals surface area contributed by atoms with E-state index < -0.39 is 0 Å². The van der Waals surface area contributed by atoms with E-state index in [0.717, 1.165) is 12.6 Å². The minimum absolute atomic E-state index is 0.247. The highest BCUT2D eigenvalue weighted by Gasteiger charge is 2.32. The maximum atomic E-state index is 5.87. The largest absolute Gasteiger partial charge is 0.329 e. The molecule has 78 valence electrons. The number of hydrogen-bond donors (Lipinski definition) is 2. The van der Waals surface area contributed by atoms with Crippen LogP contribution in [0.2, 0.25) is 0 Å². The molecule has 0 bridgehead atoms. The molecule has 1 atom stereocenters. The summed E-state index contributed by atoms with van der Waals surface area (Å²) in [6, 6.07) is 0.778. The van der Waals surface area contributed by atoms with Crippen molar-refractivity contribution in [3.05, 3.63) is 0 Å². The van der Waals surface area contributed by atoms with E-state index in [0.29, 0.717) is 0 Å². The predicted molar refractivity (Wildman–Crippen MR) is 57.8 cm³/mol. The van der Waals surface area contributed by atoms with Crippen LogP contribution >= 0.6 is 0 Å². The number of hydrogen-bond acceptors (Lipinski definition) is 2. The van der Waals surface area contributed by atoms with Gasteiger partial charge in [0.25, 0.3) is 0 Å². The molecule has 1 unspecified atom stereocenters. The van der Waals surface area contributed by atoms with E-state index >= 15 is 0 Å². The van der Waals surface area contributed by atoms with Crippen LogP contribution in [0.5, 0.6) is 0 Å². The fourth-order valence-corrected chi connectivity index (χ4v) is 1.83. The van der Waals surface area contributed by atoms with Crippen LogP contribution in [0.1, 0.15) is 52.4 Å². The summed E-state index contributed by atoms with van der Waals surface area (Å²) >= 11 is 0. The molecule has 1 aliphatic carbocycles. The van der Waals surface area contributed by atoms with Crippen molar-refractivity contribution < 1.29 is 0 Å².